The van der Waals surface area contributed by atoms with Crippen LogP contribution in [0.3, 0.4) is 0 Å². The minimum atomic E-state index is -0.211. The van der Waals surface area contributed by atoms with Crippen LogP contribution in [0.4, 0.5) is 0 Å². The summed E-state index contributed by atoms with van der Waals surface area (Å²) in [6.07, 6.45) is 5.65. The van der Waals surface area contributed by atoms with Gasteiger partial charge in [0.1, 0.15) is 11.9 Å². The lowest BCUT2D eigenvalue weighted by Gasteiger charge is -2.32. The third kappa shape index (κ3) is 6.59. The van der Waals surface area contributed by atoms with E-state index in [2.05, 4.69) is 29.9 Å². The number of methoxy groups -OCH3 is 1. The number of carbonyl (C=O) groups excluding carboxylic acids is 2. The largest absolute Gasteiger partial charge is 0.497 e. The van der Waals surface area contributed by atoms with Crippen molar-refractivity contribution in [3.63, 3.8) is 0 Å². The quantitative estimate of drug-likeness (QED) is 0.549. The van der Waals surface area contributed by atoms with E-state index in [9.17, 15) is 9.59 Å². The van der Waals surface area contributed by atoms with E-state index in [1.165, 1.54) is 24.5 Å². The zero-order chi connectivity index (χ0) is 23.8. The number of esters is 2. The highest BCUT2D eigenvalue weighted by molar-refractivity contribution is 5.89. The maximum absolute atomic E-state index is 12.4. The maximum Gasteiger partial charge on any atom is 0.338 e. The first-order valence-electron chi connectivity index (χ1n) is 12.0. The van der Waals surface area contributed by atoms with Gasteiger partial charge in [0, 0.05) is 6.92 Å². The van der Waals surface area contributed by atoms with E-state index in [0.29, 0.717) is 29.9 Å². The first kappa shape index (κ1) is 24.8. The summed E-state index contributed by atoms with van der Waals surface area (Å²) in [4.78, 5) is 22.2. The van der Waals surface area contributed by atoms with E-state index in [-0.39, 0.29) is 18.0 Å². The number of rotatable bonds is 5. The second kappa shape index (κ2) is 11.9. The van der Waals surface area contributed by atoms with E-state index in [1.54, 1.807) is 14.0 Å². The van der Waals surface area contributed by atoms with Crippen LogP contribution >= 0.6 is 0 Å². The van der Waals surface area contributed by atoms with Crippen molar-refractivity contribution < 1.29 is 23.8 Å². The Labute approximate surface area is 197 Å². The van der Waals surface area contributed by atoms with Crippen LogP contribution < -0.4 is 4.74 Å². The Bertz CT molecular complexity index is 923. The summed E-state index contributed by atoms with van der Waals surface area (Å²) in [7, 11) is 1.73. The molecule has 0 aliphatic heterocycles. The molecule has 0 aromatic heterocycles. The van der Waals surface area contributed by atoms with Gasteiger partial charge in [0.15, 0.2) is 0 Å². The van der Waals surface area contributed by atoms with Gasteiger partial charge in [0.25, 0.3) is 0 Å². The summed E-state index contributed by atoms with van der Waals surface area (Å²) >= 11 is 0. The van der Waals surface area contributed by atoms with E-state index in [4.69, 9.17) is 9.47 Å². The van der Waals surface area contributed by atoms with Gasteiger partial charge in [-0.15, -0.1) is 0 Å². The lowest BCUT2D eigenvalue weighted by Crippen LogP contribution is -2.29. The zero-order valence-electron chi connectivity index (χ0n) is 20.2. The van der Waals surface area contributed by atoms with Crippen LogP contribution in [0, 0.1) is 17.8 Å². The summed E-state index contributed by atoms with van der Waals surface area (Å²) in [6, 6.07) is 15.8. The third-order valence-electron chi connectivity index (χ3n) is 6.95. The second-order valence-electron chi connectivity index (χ2n) is 8.97. The summed E-state index contributed by atoms with van der Waals surface area (Å²) in [5.41, 5.74) is 3.54. The molecule has 0 spiro atoms. The molecule has 0 amide bonds. The molecule has 0 saturated heterocycles. The summed E-state index contributed by atoms with van der Waals surface area (Å²) in [5.74, 6) is 2.29. The molecule has 0 heterocycles. The van der Waals surface area contributed by atoms with Crippen LogP contribution in [0.25, 0.3) is 0 Å². The monoisotopic (exact) mass is 452 g/mol. The predicted molar refractivity (Wildman–Crippen MR) is 128 cm³/mol. The summed E-state index contributed by atoms with van der Waals surface area (Å²) < 4.78 is 15.6. The van der Waals surface area contributed by atoms with Crippen molar-refractivity contribution in [2.24, 2.45) is 17.8 Å². The Morgan fingerprint density at radius 1 is 1.00 bits per heavy atom. The lowest BCUT2D eigenvalue weighted by molar-refractivity contribution is -0.140. The predicted octanol–water partition coefficient (Wildman–Crippen LogP) is 5.64. The zero-order valence-corrected chi connectivity index (χ0v) is 20.2. The SMILES string of the molecule is CCOC(C)=O.COc1ccc2c(c1)CCC([C@@H]1CC[C@H](OC(=O)c3ccccc3)[C@H]1C)C2. The fraction of sp³-hybridized carbons (Fsp3) is 0.500. The van der Waals surface area contributed by atoms with Crippen LogP contribution in [-0.4, -0.2) is 31.8 Å². The average Bonchev–Trinajstić information content (AvgIpc) is 3.19. The molecule has 2 aromatic rings. The van der Waals surface area contributed by atoms with Gasteiger partial charge < -0.3 is 14.2 Å². The van der Waals surface area contributed by atoms with Crippen molar-refractivity contribution in [2.45, 2.75) is 59.0 Å². The lowest BCUT2D eigenvalue weighted by atomic mass is 9.73. The highest BCUT2D eigenvalue weighted by Gasteiger charge is 2.40. The molecule has 4 rings (SSSR count). The molecule has 2 aliphatic rings. The molecule has 33 heavy (non-hydrogen) atoms. The molecular weight excluding hydrogens is 416 g/mol. The van der Waals surface area contributed by atoms with Crippen molar-refractivity contribution in [1.82, 2.24) is 0 Å². The second-order valence-corrected chi connectivity index (χ2v) is 8.97. The average molecular weight is 453 g/mol. The molecule has 5 nitrogen and oxygen atoms in total. The van der Waals surface area contributed by atoms with Gasteiger partial charge in [0.2, 0.25) is 0 Å². The fourth-order valence-electron chi connectivity index (χ4n) is 5.22. The number of ether oxygens (including phenoxy) is 3. The molecule has 0 bridgehead atoms. The van der Waals surface area contributed by atoms with Crippen LogP contribution in [0.15, 0.2) is 48.5 Å². The smallest absolute Gasteiger partial charge is 0.338 e. The van der Waals surface area contributed by atoms with Crippen LogP contribution in [0.2, 0.25) is 0 Å². The molecule has 2 aliphatic carbocycles. The number of hydrogen-bond donors (Lipinski definition) is 0. The van der Waals surface area contributed by atoms with Crippen molar-refractivity contribution in [3.05, 3.63) is 65.2 Å². The Hall–Kier alpha value is -2.82. The molecule has 5 heteroatoms. The number of fused-ring (bicyclic) bond motifs is 1. The fourth-order valence-corrected chi connectivity index (χ4v) is 5.22. The van der Waals surface area contributed by atoms with E-state index in [0.717, 1.165) is 31.4 Å². The molecule has 0 radical (unpaired) electrons. The normalized spacial score (nSPS) is 23.5. The number of carbonyl (C=O) groups is 2. The van der Waals surface area contributed by atoms with E-state index in [1.807, 2.05) is 30.3 Å². The first-order valence-corrected chi connectivity index (χ1v) is 12.0. The van der Waals surface area contributed by atoms with Gasteiger partial charge in [0.05, 0.1) is 19.3 Å². The Morgan fingerprint density at radius 2 is 1.76 bits per heavy atom. The van der Waals surface area contributed by atoms with E-state index >= 15 is 0 Å². The third-order valence-corrected chi connectivity index (χ3v) is 6.95. The van der Waals surface area contributed by atoms with Crippen LogP contribution in [0.1, 0.15) is 61.5 Å². The Morgan fingerprint density at radius 3 is 2.39 bits per heavy atom. The van der Waals surface area contributed by atoms with E-state index < -0.39 is 0 Å². The topological polar surface area (TPSA) is 61.8 Å². The first-order chi connectivity index (χ1) is 15.9. The van der Waals surface area contributed by atoms with Gasteiger partial charge in [-0.3, -0.25) is 4.79 Å². The molecule has 0 N–H and O–H groups in total. The molecule has 2 aromatic carbocycles. The highest BCUT2D eigenvalue weighted by atomic mass is 16.5. The molecule has 178 valence electrons. The molecule has 1 saturated carbocycles. The number of benzene rings is 2. The maximum atomic E-state index is 12.4. The number of aryl methyl sites for hydroxylation is 1. The molecule has 4 atom stereocenters. The number of hydrogen-bond acceptors (Lipinski definition) is 5. The van der Waals surface area contributed by atoms with Gasteiger partial charge in [-0.2, -0.15) is 0 Å². The Kier molecular flexibility index (Phi) is 8.93. The minimum Gasteiger partial charge on any atom is -0.497 e. The van der Waals surface area contributed by atoms with Crippen molar-refractivity contribution >= 4 is 11.9 Å². The van der Waals surface area contributed by atoms with Gasteiger partial charge in [-0.25, -0.2) is 4.79 Å². The Balaban J connectivity index is 0.000000454. The van der Waals surface area contributed by atoms with Crippen LogP contribution in [0.5, 0.6) is 5.75 Å². The summed E-state index contributed by atoms with van der Waals surface area (Å²) in [6.45, 7) is 5.92. The summed E-state index contributed by atoms with van der Waals surface area (Å²) in [5, 5.41) is 0. The van der Waals surface area contributed by atoms with Gasteiger partial charge in [-0.1, -0.05) is 31.2 Å². The highest BCUT2D eigenvalue weighted by Crippen LogP contribution is 2.44. The van der Waals surface area contributed by atoms with Gasteiger partial charge in [-0.05, 0) is 92.2 Å². The standard InChI is InChI=1S/C24H28O3.C4H8O2/c1-16-22(12-13-23(16)27-24(25)17-6-4-3-5-7-17)20-9-8-19-15-21(26-2)11-10-18(19)14-20;1-3-6-4(2)5/h3-7,10-11,15-16,20,22-23H,8-9,12-14H2,1-2H3;3H2,1-2H3/t16-,20?,22+,23-;/m0./s1. The van der Waals surface area contributed by atoms with Crippen molar-refractivity contribution in [1.29, 1.82) is 0 Å². The molecular formula is C28H36O5. The minimum absolute atomic E-state index is 0.0416. The van der Waals surface area contributed by atoms with Crippen molar-refractivity contribution in [3.8, 4) is 5.75 Å². The molecule has 1 unspecified atom stereocenters. The molecule has 1 fully saturated rings. The van der Waals surface area contributed by atoms with Crippen LogP contribution in [-0.2, 0) is 27.1 Å². The van der Waals surface area contributed by atoms with Gasteiger partial charge >= 0.3 is 11.9 Å². The van der Waals surface area contributed by atoms with Crippen molar-refractivity contribution in [2.75, 3.05) is 13.7 Å².